The molecule has 1 aromatic heterocycles. The van der Waals surface area contributed by atoms with Crippen LogP contribution in [0.15, 0.2) is 39.5 Å². The summed E-state index contributed by atoms with van der Waals surface area (Å²) in [6.07, 6.45) is 0. The van der Waals surface area contributed by atoms with Crippen molar-refractivity contribution >= 4 is 11.0 Å². The minimum absolute atomic E-state index is 0.126. The third-order valence-electron chi connectivity index (χ3n) is 4.44. The first kappa shape index (κ1) is 15.1. The van der Waals surface area contributed by atoms with Crippen LogP contribution in [-0.2, 0) is 0 Å². The van der Waals surface area contributed by atoms with E-state index >= 15 is 0 Å². The maximum Gasteiger partial charge on any atom is 0.193 e. The Morgan fingerprint density at radius 1 is 0.957 bits per heavy atom. The maximum absolute atomic E-state index is 12.5. The molecule has 0 N–H and O–H groups in total. The molecule has 0 aliphatic carbocycles. The van der Waals surface area contributed by atoms with Gasteiger partial charge in [0, 0.05) is 11.6 Å². The van der Waals surface area contributed by atoms with Gasteiger partial charge < -0.3 is 4.42 Å². The van der Waals surface area contributed by atoms with Crippen LogP contribution in [0.4, 0.5) is 0 Å². The van der Waals surface area contributed by atoms with Crippen LogP contribution in [0.2, 0.25) is 0 Å². The van der Waals surface area contributed by atoms with Crippen LogP contribution in [0, 0.1) is 39.0 Å². The van der Waals surface area contributed by atoms with Gasteiger partial charge in [-0.25, -0.2) is 0 Å². The van der Waals surface area contributed by atoms with Gasteiger partial charge in [-0.3, -0.25) is 4.79 Å². The van der Waals surface area contributed by atoms with Crippen molar-refractivity contribution in [2.24, 2.45) is 0 Å². The fourth-order valence-corrected chi connectivity index (χ4v) is 2.69. The molecule has 3 aromatic rings. The van der Waals surface area contributed by atoms with Gasteiger partial charge in [-0.1, -0.05) is 12.1 Å². The number of nitrogens with zero attached hydrogens (tertiary/aromatic N) is 1. The van der Waals surface area contributed by atoms with E-state index in [0.29, 0.717) is 22.3 Å². The summed E-state index contributed by atoms with van der Waals surface area (Å²) in [4.78, 5) is 12.5. The summed E-state index contributed by atoms with van der Waals surface area (Å²) in [5, 5.41) is 9.92. The van der Waals surface area contributed by atoms with Crippen LogP contribution in [0.25, 0.3) is 22.3 Å². The van der Waals surface area contributed by atoms with E-state index in [2.05, 4.69) is 6.07 Å². The molecule has 0 bridgehead atoms. The average molecular weight is 303 g/mol. The molecule has 2 aromatic carbocycles. The molecule has 0 unspecified atom stereocenters. The number of fused-ring (bicyclic) bond motifs is 1. The second-order valence-electron chi connectivity index (χ2n) is 5.96. The topological polar surface area (TPSA) is 54.0 Å². The Hall–Kier alpha value is -2.86. The van der Waals surface area contributed by atoms with Gasteiger partial charge in [-0.2, -0.15) is 5.26 Å². The maximum atomic E-state index is 12.5. The zero-order valence-corrected chi connectivity index (χ0v) is 13.7. The molecule has 0 amide bonds. The highest BCUT2D eigenvalue weighted by Gasteiger charge is 2.14. The predicted octanol–water partition coefficient (Wildman–Crippen LogP) is 4.57. The van der Waals surface area contributed by atoms with Gasteiger partial charge in [0.1, 0.15) is 11.8 Å². The predicted molar refractivity (Wildman–Crippen MR) is 91.6 cm³/mol. The molecule has 0 fully saturated rings. The fourth-order valence-electron chi connectivity index (χ4n) is 2.69. The van der Waals surface area contributed by atoms with Gasteiger partial charge in [-0.15, -0.1) is 0 Å². The molecule has 114 valence electrons. The van der Waals surface area contributed by atoms with Crippen LogP contribution in [0.1, 0.15) is 27.8 Å². The molecule has 0 radical (unpaired) electrons. The van der Waals surface area contributed by atoms with E-state index in [-0.39, 0.29) is 5.43 Å². The van der Waals surface area contributed by atoms with Crippen molar-refractivity contribution < 1.29 is 4.42 Å². The Kier molecular flexibility index (Phi) is 3.54. The number of nitriles is 1. The van der Waals surface area contributed by atoms with E-state index in [1.165, 1.54) is 11.6 Å². The highest BCUT2D eigenvalue weighted by Crippen LogP contribution is 2.28. The molecular formula is C20H17NO2. The highest BCUT2D eigenvalue weighted by molar-refractivity contribution is 5.86. The second kappa shape index (κ2) is 5.40. The van der Waals surface area contributed by atoms with Crippen LogP contribution in [-0.4, -0.2) is 0 Å². The largest absolute Gasteiger partial charge is 0.454 e. The summed E-state index contributed by atoms with van der Waals surface area (Å²) in [5.74, 6) is 0.491. The first-order valence-corrected chi connectivity index (χ1v) is 7.48. The summed E-state index contributed by atoms with van der Waals surface area (Å²) >= 11 is 0. The minimum Gasteiger partial charge on any atom is -0.454 e. The van der Waals surface area contributed by atoms with Crippen molar-refractivity contribution in [2.45, 2.75) is 27.7 Å². The van der Waals surface area contributed by atoms with Gasteiger partial charge >= 0.3 is 0 Å². The van der Waals surface area contributed by atoms with Crippen LogP contribution in [0.3, 0.4) is 0 Å². The monoisotopic (exact) mass is 303 g/mol. The molecule has 0 atom stereocenters. The van der Waals surface area contributed by atoms with Crippen LogP contribution in [0.5, 0.6) is 0 Å². The Morgan fingerprint density at radius 3 is 2.35 bits per heavy atom. The van der Waals surface area contributed by atoms with E-state index in [1.807, 2.05) is 45.9 Å². The van der Waals surface area contributed by atoms with Crippen molar-refractivity contribution in [3.63, 3.8) is 0 Å². The zero-order chi connectivity index (χ0) is 16.7. The summed E-state index contributed by atoms with van der Waals surface area (Å²) in [6, 6.07) is 11.4. The third-order valence-corrected chi connectivity index (χ3v) is 4.44. The summed E-state index contributed by atoms with van der Waals surface area (Å²) < 4.78 is 5.96. The summed E-state index contributed by atoms with van der Waals surface area (Å²) in [6.45, 7) is 7.82. The Labute approximate surface area is 134 Å². The van der Waals surface area contributed by atoms with Crippen LogP contribution >= 0.6 is 0 Å². The molecule has 3 heteroatoms. The first-order valence-electron chi connectivity index (χ1n) is 7.48. The van der Waals surface area contributed by atoms with Gasteiger partial charge in [0.25, 0.3) is 0 Å². The number of hydrogen-bond donors (Lipinski definition) is 0. The average Bonchev–Trinajstić information content (AvgIpc) is 2.52. The molecule has 0 saturated heterocycles. The van der Waals surface area contributed by atoms with E-state index in [1.54, 1.807) is 6.07 Å². The van der Waals surface area contributed by atoms with Crippen LogP contribution < -0.4 is 5.43 Å². The number of rotatable bonds is 1. The van der Waals surface area contributed by atoms with Gasteiger partial charge in [0.15, 0.2) is 11.0 Å². The molecule has 0 saturated carbocycles. The highest BCUT2D eigenvalue weighted by atomic mass is 16.3. The quantitative estimate of drug-likeness (QED) is 0.662. The van der Waals surface area contributed by atoms with E-state index < -0.39 is 0 Å². The molecule has 3 nitrogen and oxygen atoms in total. The molecule has 0 aliphatic heterocycles. The molecule has 3 rings (SSSR count). The number of aryl methyl sites for hydroxylation is 3. The summed E-state index contributed by atoms with van der Waals surface area (Å²) in [5.41, 5.74) is 5.60. The normalized spacial score (nSPS) is 10.7. The molecule has 1 heterocycles. The third kappa shape index (κ3) is 2.43. The molecule has 23 heavy (non-hydrogen) atoms. The lowest BCUT2D eigenvalue weighted by atomic mass is 9.99. The molecule has 0 spiro atoms. The van der Waals surface area contributed by atoms with Gasteiger partial charge in [-0.05, 0) is 62.1 Å². The lowest BCUT2D eigenvalue weighted by Gasteiger charge is -2.09. The lowest BCUT2D eigenvalue weighted by molar-refractivity contribution is 0.617. The standard InChI is InChI=1S/C20H17NO2/c1-11-5-6-15(7-12(11)2)19-9-18(22)16-8-13(3)14(4)17(10-21)20(16)23-19/h5-9H,1-4H3. The van der Waals surface area contributed by atoms with E-state index in [0.717, 1.165) is 22.3 Å². The fraction of sp³-hybridized carbons (Fsp3) is 0.200. The van der Waals surface area contributed by atoms with E-state index in [9.17, 15) is 10.1 Å². The number of hydrogen-bond acceptors (Lipinski definition) is 3. The minimum atomic E-state index is -0.126. The van der Waals surface area contributed by atoms with E-state index in [4.69, 9.17) is 4.42 Å². The molecule has 0 aliphatic rings. The Bertz CT molecular complexity index is 1040. The first-order chi connectivity index (χ1) is 10.9. The smallest absolute Gasteiger partial charge is 0.193 e. The van der Waals surface area contributed by atoms with Crippen molar-refractivity contribution in [1.29, 1.82) is 5.26 Å². The van der Waals surface area contributed by atoms with Crippen molar-refractivity contribution in [3.05, 3.63) is 68.4 Å². The summed E-state index contributed by atoms with van der Waals surface area (Å²) in [7, 11) is 0. The zero-order valence-electron chi connectivity index (χ0n) is 13.7. The SMILES string of the molecule is Cc1ccc(-c2cc(=O)c3cc(C)c(C)c(C#N)c3o2)cc1C. The number of benzene rings is 2. The van der Waals surface area contributed by atoms with Crippen molar-refractivity contribution in [1.82, 2.24) is 0 Å². The van der Waals surface area contributed by atoms with Crippen molar-refractivity contribution in [2.75, 3.05) is 0 Å². The molecular weight excluding hydrogens is 286 g/mol. The second-order valence-corrected chi connectivity index (χ2v) is 5.96. The Balaban J connectivity index is 2.37. The van der Waals surface area contributed by atoms with Gasteiger partial charge in [0.05, 0.1) is 10.9 Å². The van der Waals surface area contributed by atoms with Crippen molar-refractivity contribution in [3.8, 4) is 17.4 Å². The van der Waals surface area contributed by atoms with Gasteiger partial charge in [0.2, 0.25) is 0 Å². The lowest BCUT2D eigenvalue weighted by Crippen LogP contribution is -2.03. The Morgan fingerprint density at radius 2 is 1.70 bits per heavy atom.